The van der Waals surface area contributed by atoms with Crippen molar-refractivity contribution >= 4 is 28.3 Å². The van der Waals surface area contributed by atoms with E-state index in [0.717, 1.165) is 29.4 Å². The van der Waals surface area contributed by atoms with Crippen LogP contribution < -0.4 is 10.6 Å². The summed E-state index contributed by atoms with van der Waals surface area (Å²) in [6.45, 7) is 2.72. The van der Waals surface area contributed by atoms with E-state index in [-0.39, 0.29) is 5.91 Å². The Morgan fingerprint density at radius 1 is 0.867 bits per heavy atom. The molecule has 4 aromatic rings. The molecule has 1 aromatic heterocycles. The Kier molecular flexibility index (Phi) is 6.04. The SMILES string of the molecule is CCc1ccc(Nc2cc(C(=O)NCCc3ccccc3)c3ccccc3n2)cc1. The third-order valence-electron chi connectivity index (χ3n) is 5.14. The zero-order valence-electron chi connectivity index (χ0n) is 17.1. The standard InChI is InChI=1S/C26H25N3O/c1-2-19-12-14-21(15-13-19)28-25-18-23(22-10-6-7-11-24(22)29-25)26(30)27-17-16-20-8-4-3-5-9-20/h3-15,18H,2,16-17H2,1H3,(H,27,30)(H,28,29). The zero-order valence-corrected chi connectivity index (χ0v) is 17.1. The highest BCUT2D eigenvalue weighted by molar-refractivity contribution is 6.07. The van der Waals surface area contributed by atoms with Gasteiger partial charge in [0.25, 0.3) is 5.91 Å². The van der Waals surface area contributed by atoms with Crippen LogP contribution in [0, 0.1) is 0 Å². The van der Waals surface area contributed by atoms with E-state index >= 15 is 0 Å². The summed E-state index contributed by atoms with van der Waals surface area (Å²) in [5.74, 6) is 0.570. The molecule has 0 fully saturated rings. The number of carbonyl (C=O) groups excluding carboxylic acids is 1. The molecule has 0 aliphatic heterocycles. The lowest BCUT2D eigenvalue weighted by Crippen LogP contribution is -2.26. The molecule has 4 rings (SSSR count). The van der Waals surface area contributed by atoms with Crippen molar-refractivity contribution in [1.29, 1.82) is 0 Å². The van der Waals surface area contributed by atoms with Crippen LogP contribution in [0.5, 0.6) is 0 Å². The first-order chi connectivity index (χ1) is 14.7. The Labute approximate surface area is 177 Å². The van der Waals surface area contributed by atoms with Gasteiger partial charge < -0.3 is 10.6 Å². The maximum absolute atomic E-state index is 13.0. The second-order valence-corrected chi connectivity index (χ2v) is 7.24. The van der Waals surface area contributed by atoms with E-state index in [1.54, 1.807) is 0 Å². The van der Waals surface area contributed by atoms with Crippen LogP contribution in [0.2, 0.25) is 0 Å². The molecule has 30 heavy (non-hydrogen) atoms. The quantitative estimate of drug-likeness (QED) is 0.434. The van der Waals surface area contributed by atoms with Crippen molar-refractivity contribution in [3.8, 4) is 0 Å². The molecule has 4 nitrogen and oxygen atoms in total. The third kappa shape index (κ3) is 4.66. The highest BCUT2D eigenvalue weighted by Gasteiger charge is 2.13. The predicted octanol–water partition coefficient (Wildman–Crippen LogP) is 5.51. The van der Waals surface area contributed by atoms with Crippen LogP contribution in [-0.4, -0.2) is 17.4 Å². The van der Waals surface area contributed by atoms with Crippen molar-refractivity contribution in [2.24, 2.45) is 0 Å². The number of anilines is 2. The van der Waals surface area contributed by atoms with Crippen molar-refractivity contribution in [2.45, 2.75) is 19.8 Å². The monoisotopic (exact) mass is 395 g/mol. The number of para-hydroxylation sites is 1. The van der Waals surface area contributed by atoms with Crippen LogP contribution in [0.1, 0.15) is 28.4 Å². The normalized spacial score (nSPS) is 10.7. The summed E-state index contributed by atoms with van der Waals surface area (Å²) in [4.78, 5) is 17.7. The molecular weight excluding hydrogens is 370 g/mol. The minimum absolute atomic E-state index is 0.0890. The Hall–Kier alpha value is -3.66. The average Bonchev–Trinajstić information content (AvgIpc) is 2.79. The zero-order chi connectivity index (χ0) is 20.8. The molecule has 0 atom stereocenters. The van der Waals surface area contributed by atoms with Crippen LogP contribution in [0.3, 0.4) is 0 Å². The summed E-state index contributed by atoms with van der Waals surface area (Å²) in [6.07, 6.45) is 1.80. The number of rotatable bonds is 7. The van der Waals surface area contributed by atoms with Crippen molar-refractivity contribution in [3.05, 3.63) is 102 Å². The van der Waals surface area contributed by atoms with Crippen molar-refractivity contribution in [1.82, 2.24) is 10.3 Å². The average molecular weight is 396 g/mol. The molecule has 0 aliphatic rings. The summed E-state index contributed by atoms with van der Waals surface area (Å²) in [6, 6.07) is 28.0. The molecule has 3 aromatic carbocycles. The molecule has 0 saturated carbocycles. The fraction of sp³-hybridized carbons (Fsp3) is 0.154. The van der Waals surface area contributed by atoms with Gasteiger partial charge in [0, 0.05) is 17.6 Å². The number of nitrogens with one attached hydrogen (secondary N) is 2. The Morgan fingerprint density at radius 3 is 2.37 bits per heavy atom. The number of hydrogen-bond donors (Lipinski definition) is 2. The van der Waals surface area contributed by atoms with Crippen molar-refractivity contribution < 1.29 is 4.79 Å². The van der Waals surface area contributed by atoms with Gasteiger partial charge in [-0.3, -0.25) is 4.79 Å². The van der Waals surface area contributed by atoms with E-state index in [1.165, 1.54) is 11.1 Å². The molecule has 1 amide bonds. The van der Waals surface area contributed by atoms with Gasteiger partial charge in [-0.15, -0.1) is 0 Å². The number of amides is 1. The number of carbonyl (C=O) groups is 1. The Bertz CT molecular complexity index is 1140. The van der Waals surface area contributed by atoms with E-state index in [2.05, 4.69) is 41.8 Å². The Balaban J connectivity index is 1.55. The van der Waals surface area contributed by atoms with E-state index in [4.69, 9.17) is 4.98 Å². The highest BCUT2D eigenvalue weighted by Crippen LogP contribution is 2.23. The van der Waals surface area contributed by atoms with Gasteiger partial charge in [-0.05, 0) is 48.2 Å². The number of pyridine rings is 1. The smallest absolute Gasteiger partial charge is 0.252 e. The maximum Gasteiger partial charge on any atom is 0.252 e. The molecule has 0 saturated heterocycles. The lowest BCUT2D eigenvalue weighted by atomic mass is 10.1. The first-order valence-electron chi connectivity index (χ1n) is 10.3. The second kappa shape index (κ2) is 9.23. The molecule has 0 unspecified atom stereocenters. The van der Waals surface area contributed by atoms with E-state index in [0.29, 0.717) is 17.9 Å². The second-order valence-electron chi connectivity index (χ2n) is 7.24. The summed E-state index contributed by atoms with van der Waals surface area (Å²) >= 11 is 0. The number of hydrogen-bond acceptors (Lipinski definition) is 3. The van der Waals surface area contributed by atoms with Gasteiger partial charge in [0.2, 0.25) is 0 Å². The highest BCUT2D eigenvalue weighted by atomic mass is 16.1. The van der Waals surface area contributed by atoms with Crippen molar-refractivity contribution in [2.75, 3.05) is 11.9 Å². The van der Waals surface area contributed by atoms with Crippen LogP contribution in [0.4, 0.5) is 11.5 Å². The van der Waals surface area contributed by atoms with Gasteiger partial charge in [0.15, 0.2) is 0 Å². The summed E-state index contributed by atoms with van der Waals surface area (Å²) in [5.41, 5.74) is 4.86. The largest absolute Gasteiger partial charge is 0.352 e. The molecule has 2 N–H and O–H groups in total. The van der Waals surface area contributed by atoms with Crippen LogP contribution in [0.25, 0.3) is 10.9 Å². The lowest BCUT2D eigenvalue weighted by molar-refractivity contribution is 0.0956. The van der Waals surface area contributed by atoms with Gasteiger partial charge in [0.05, 0.1) is 11.1 Å². The minimum Gasteiger partial charge on any atom is -0.352 e. The summed E-state index contributed by atoms with van der Waals surface area (Å²) in [5, 5.41) is 7.23. The molecule has 0 aliphatic carbocycles. The topological polar surface area (TPSA) is 54.0 Å². The number of aromatic nitrogens is 1. The third-order valence-corrected chi connectivity index (χ3v) is 5.14. The van der Waals surface area contributed by atoms with Gasteiger partial charge in [0.1, 0.15) is 5.82 Å². The van der Waals surface area contributed by atoms with Crippen molar-refractivity contribution in [3.63, 3.8) is 0 Å². The van der Waals surface area contributed by atoms with Crippen LogP contribution >= 0.6 is 0 Å². The van der Waals surface area contributed by atoms with Crippen LogP contribution in [-0.2, 0) is 12.8 Å². The number of aryl methyl sites for hydroxylation is 1. The maximum atomic E-state index is 13.0. The van der Waals surface area contributed by atoms with Gasteiger partial charge in [-0.1, -0.05) is 67.6 Å². The molecule has 4 heteroatoms. The fourth-order valence-electron chi connectivity index (χ4n) is 3.46. The van der Waals surface area contributed by atoms with E-state index < -0.39 is 0 Å². The molecule has 0 bridgehead atoms. The first-order valence-corrected chi connectivity index (χ1v) is 10.3. The fourth-order valence-corrected chi connectivity index (χ4v) is 3.46. The van der Waals surface area contributed by atoms with Gasteiger partial charge >= 0.3 is 0 Å². The summed E-state index contributed by atoms with van der Waals surface area (Å²) in [7, 11) is 0. The number of benzene rings is 3. The van der Waals surface area contributed by atoms with Gasteiger partial charge in [-0.25, -0.2) is 4.98 Å². The molecule has 150 valence electrons. The lowest BCUT2D eigenvalue weighted by Gasteiger charge is -2.12. The number of nitrogens with zero attached hydrogens (tertiary/aromatic N) is 1. The van der Waals surface area contributed by atoms with E-state index in [1.807, 2.05) is 60.7 Å². The predicted molar refractivity (Wildman–Crippen MR) is 123 cm³/mol. The molecule has 0 spiro atoms. The first kappa shape index (κ1) is 19.6. The Morgan fingerprint density at radius 2 is 1.60 bits per heavy atom. The molecular formula is C26H25N3O. The van der Waals surface area contributed by atoms with E-state index in [9.17, 15) is 4.79 Å². The number of fused-ring (bicyclic) bond motifs is 1. The summed E-state index contributed by atoms with van der Waals surface area (Å²) < 4.78 is 0. The molecule has 1 heterocycles. The van der Waals surface area contributed by atoms with Crippen LogP contribution in [0.15, 0.2) is 84.9 Å². The van der Waals surface area contributed by atoms with Gasteiger partial charge in [-0.2, -0.15) is 0 Å². The molecule has 0 radical (unpaired) electrons. The minimum atomic E-state index is -0.0890.